The highest BCUT2D eigenvalue weighted by Gasteiger charge is 2.14. The van der Waals surface area contributed by atoms with Crippen molar-refractivity contribution in [2.75, 3.05) is 12.3 Å². The van der Waals surface area contributed by atoms with Crippen LogP contribution < -0.4 is 5.32 Å². The van der Waals surface area contributed by atoms with E-state index in [0.29, 0.717) is 17.2 Å². The van der Waals surface area contributed by atoms with Crippen molar-refractivity contribution >= 4 is 17.4 Å². The van der Waals surface area contributed by atoms with Crippen LogP contribution in [0.2, 0.25) is 0 Å². The Kier molecular flexibility index (Phi) is 5.46. The highest BCUT2D eigenvalue weighted by atomic mass is 32.2. The van der Waals surface area contributed by atoms with Crippen LogP contribution in [0.5, 0.6) is 0 Å². The number of benzene rings is 1. The first-order valence-electron chi connectivity index (χ1n) is 5.18. The first-order valence-corrected chi connectivity index (χ1v) is 6.16. The molecule has 90 valence electrons. The average Bonchev–Trinajstić information content (AvgIpc) is 2.34. The molecule has 5 nitrogen and oxygen atoms in total. The minimum absolute atomic E-state index is 0.0886. The molecule has 0 fully saturated rings. The first kappa shape index (κ1) is 13.5. The van der Waals surface area contributed by atoms with E-state index in [1.165, 1.54) is 17.8 Å². The fourth-order valence-electron chi connectivity index (χ4n) is 1.29. The molecule has 0 amide bonds. The van der Waals surface area contributed by atoms with Gasteiger partial charge < -0.3 is 5.32 Å². The van der Waals surface area contributed by atoms with Gasteiger partial charge in [-0.15, -0.1) is 11.8 Å². The number of nitrogens with one attached hydrogen (secondary N) is 1. The molecular weight excluding hydrogens is 238 g/mol. The summed E-state index contributed by atoms with van der Waals surface area (Å²) in [7, 11) is 0. The summed E-state index contributed by atoms with van der Waals surface area (Å²) in [5.41, 5.74) is 0.0886. The molecule has 1 atom stereocenters. The van der Waals surface area contributed by atoms with Crippen molar-refractivity contribution < 1.29 is 4.92 Å². The van der Waals surface area contributed by atoms with E-state index in [1.807, 2.05) is 6.92 Å². The van der Waals surface area contributed by atoms with Crippen LogP contribution in [0, 0.1) is 21.4 Å². The predicted octanol–water partition coefficient (Wildman–Crippen LogP) is 2.19. The van der Waals surface area contributed by atoms with Gasteiger partial charge in [-0.2, -0.15) is 5.26 Å². The Bertz CT molecular complexity index is 431. The topological polar surface area (TPSA) is 79.0 Å². The van der Waals surface area contributed by atoms with E-state index in [4.69, 9.17) is 5.26 Å². The van der Waals surface area contributed by atoms with E-state index in [9.17, 15) is 10.1 Å². The predicted molar refractivity (Wildman–Crippen MR) is 66.9 cm³/mol. The zero-order valence-corrected chi connectivity index (χ0v) is 10.2. The maximum atomic E-state index is 10.8. The lowest BCUT2D eigenvalue weighted by atomic mass is 10.3. The highest BCUT2D eigenvalue weighted by molar-refractivity contribution is 7.99. The van der Waals surface area contributed by atoms with Gasteiger partial charge >= 0.3 is 0 Å². The van der Waals surface area contributed by atoms with Crippen LogP contribution >= 0.6 is 11.8 Å². The standard InChI is InChI=1S/C11H13N3O2S/c1-2-13-9(7-12)8-17-11-6-4-3-5-10(11)14(15)16/h3-6,9,13H,2,8H2,1H3. The van der Waals surface area contributed by atoms with Crippen LogP contribution in [0.15, 0.2) is 29.2 Å². The van der Waals surface area contributed by atoms with Crippen molar-refractivity contribution in [1.82, 2.24) is 5.32 Å². The molecule has 1 rings (SSSR count). The third-order valence-electron chi connectivity index (χ3n) is 2.07. The van der Waals surface area contributed by atoms with E-state index >= 15 is 0 Å². The summed E-state index contributed by atoms with van der Waals surface area (Å²) in [5, 5.41) is 22.6. The van der Waals surface area contributed by atoms with Crippen molar-refractivity contribution in [1.29, 1.82) is 5.26 Å². The van der Waals surface area contributed by atoms with Crippen LogP contribution in [-0.4, -0.2) is 23.3 Å². The number of nitro benzene ring substituents is 1. The molecular formula is C11H13N3O2S. The van der Waals surface area contributed by atoms with E-state index in [-0.39, 0.29) is 11.7 Å². The number of nitro groups is 1. The molecule has 1 aromatic rings. The number of nitriles is 1. The number of hydrogen-bond acceptors (Lipinski definition) is 5. The van der Waals surface area contributed by atoms with E-state index in [2.05, 4.69) is 11.4 Å². The van der Waals surface area contributed by atoms with E-state index in [0.717, 1.165) is 0 Å². The fraction of sp³-hybridized carbons (Fsp3) is 0.364. The van der Waals surface area contributed by atoms with Crippen LogP contribution in [0.3, 0.4) is 0 Å². The quantitative estimate of drug-likeness (QED) is 0.476. The molecule has 17 heavy (non-hydrogen) atoms. The van der Waals surface area contributed by atoms with Crippen LogP contribution in [0.1, 0.15) is 6.92 Å². The van der Waals surface area contributed by atoms with Gasteiger partial charge in [-0.25, -0.2) is 0 Å². The van der Waals surface area contributed by atoms with Crippen molar-refractivity contribution in [3.63, 3.8) is 0 Å². The van der Waals surface area contributed by atoms with Gasteiger partial charge in [-0.1, -0.05) is 19.1 Å². The minimum Gasteiger partial charge on any atom is -0.302 e. The van der Waals surface area contributed by atoms with Crippen molar-refractivity contribution in [3.8, 4) is 6.07 Å². The zero-order chi connectivity index (χ0) is 12.7. The summed E-state index contributed by atoms with van der Waals surface area (Å²) in [6, 6.07) is 8.39. The lowest BCUT2D eigenvalue weighted by molar-refractivity contribution is -0.387. The van der Waals surface area contributed by atoms with Gasteiger partial charge in [0.25, 0.3) is 5.69 Å². The Hall–Kier alpha value is -1.58. The van der Waals surface area contributed by atoms with Gasteiger partial charge in [0.2, 0.25) is 0 Å². The Morgan fingerprint density at radius 3 is 2.88 bits per heavy atom. The normalized spacial score (nSPS) is 11.8. The molecule has 0 aliphatic rings. The van der Waals surface area contributed by atoms with Gasteiger partial charge in [-0.3, -0.25) is 10.1 Å². The molecule has 0 saturated carbocycles. The monoisotopic (exact) mass is 251 g/mol. The first-order chi connectivity index (χ1) is 8.19. The fourth-order valence-corrected chi connectivity index (χ4v) is 2.30. The molecule has 1 unspecified atom stereocenters. The number of para-hydroxylation sites is 1. The summed E-state index contributed by atoms with van der Waals surface area (Å²) >= 11 is 1.32. The lowest BCUT2D eigenvalue weighted by Crippen LogP contribution is -2.29. The van der Waals surface area contributed by atoms with Crippen molar-refractivity contribution in [3.05, 3.63) is 34.4 Å². The molecule has 1 N–H and O–H groups in total. The SMILES string of the molecule is CCNC(C#N)CSc1ccccc1[N+](=O)[O-]. The smallest absolute Gasteiger partial charge is 0.282 e. The number of rotatable bonds is 6. The molecule has 0 radical (unpaired) electrons. The van der Waals surface area contributed by atoms with Crippen LogP contribution in [-0.2, 0) is 0 Å². The van der Waals surface area contributed by atoms with Gasteiger partial charge in [0, 0.05) is 11.8 Å². The summed E-state index contributed by atoms with van der Waals surface area (Å²) in [6.07, 6.45) is 0. The number of thioether (sulfide) groups is 1. The third-order valence-corrected chi connectivity index (χ3v) is 3.23. The second-order valence-corrected chi connectivity index (χ2v) is 4.34. The second kappa shape index (κ2) is 6.89. The number of hydrogen-bond donors (Lipinski definition) is 1. The van der Waals surface area contributed by atoms with Crippen LogP contribution in [0.25, 0.3) is 0 Å². The Morgan fingerprint density at radius 1 is 1.59 bits per heavy atom. The van der Waals surface area contributed by atoms with Crippen LogP contribution in [0.4, 0.5) is 5.69 Å². The van der Waals surface area contributed by atoms with Crippen molar-refractivity contribution in [2.45, 2.75) is 17.9 Å². The Balaban J connectivity index is 2.69. The van der Waals surface area contributed by atoms with Gasteiger partial charge in [0.1, 0.15) is 6.04 Å². The summed E-state index contributed by atoms with van der Waals surface area (Å²) in [6.45, 7) is 2.62. The third kappa shape index (κ3) is 4.06. The summed E-state index contributed by atoms with van der Waals surface area (Å²) in [4.78, 5) is 11.0. The second-order valence-electron chi connectivity index (χ2n) is 3.28. The Morgan fingerprint density at radius 2 is 2.29 bits per heavy atom. The summed E-state index contributed by atoms with van der Waals surface area (Å²) < 4.78 is 0. The molecule has 0 heterocycles. The summed E-state index contributed by atoms with van der Waals surface area (Å²) in [5.74, 6) is 0.495. The average molecular weight is 251 g/mol. The maximum Gasteiger partial charge on any atom is 0.282 e. The van der Waals surface area contributed by atoms with Gasteiger partial charge in [0.05, 0.1) is 15.9 Å². The molecule has 0 bridgehead atoms. The van der Waals surface area contributed by atoms with Gasteiger partial charge in [-0.05, 0) is 12.6 Å². The molecule has 0 aromatic heterocycles. The number of nitrogens with zero attached hydrogens (tertiary/aromatic N) is 2. The zero-order valence-electron chi connectivity index (χ0n) is 9.42. The Labute approximate surface area is 104 Å². The molecule has 0 aliphatic heterocycles. The molecule has 6 heteroatoms. The van der Waals surface area contributed by atoms with E-state index in [1.54, 1.807) is 18.2 Å². The molecule has 0 saturated heterocycles. The maximum absolute atomic E-state index is 10.8. The van der Waals surface area contributed by atoms with E-state index < -0.39 is 4.92 Å². The van der Waals surface area contributed by atoms with Gasteiger partial charge in [0.15, 0.2) is 0 Å². The minimum atomic E-state index is -0.406. The molecule has 0 spiro atoms. The lowest BCUT2D eigenvalue weighted by Gasteiger charge is -2.08. The molecule has 0 aliphatic carbocycles. The molecule has 1 aromatic carbocycles. The van der Waals surface area contributed by atoms with Crippen molar-refractivity contribution in [2.24, 2.45) is 0 Å². The highest BCUT2D eigenvalue weighted by Crippen LogP contribution is 2.28. The largest absolute Gasteiger partial charge is 0.302 e.